The number of carbonyl (C=O) groups excluding carboxylic acids is 1. The lowest BCUT2D eigenvalue weighted by Crippen LogP contribution is -2.45. The third-order valence-corrected chi connectivity index (χ3v) is 7.40. The van der Waals surface area contributed by atoms with E-state index in [1.54, 1.807) is 18.6 Å². The molecule has 2 bridgehead atoms. The van der Waals surface area contributed by atoms with Crippen molar-refractivity contribution in [3.8, 4) is 0 Å². The van der Waals surface area contributed by atoms with Crippen molar-refractivity contribution < 1.29 is 18.0 Å². The molecule has 2 unspecified atom stereocenters. The van der Waals surface area contributed by atoms with E-state index in [0.29, 0.717) is 24.4 Å². The second-order valence-corrected chi connectivity index (χ2v) is 9.34. The number of hydrazone groups is 1. The maximum absolute atomic E-state index is 13.7. The third kappa shape index (κ3) is 2.96. The van der Waals surface area contributed by atoms with Crippen molar-refractivity contribution >= 4 is 23.2 Å². The summed E-state index contributed by atoms with van der Waals surface area (Å²) in [6.07, 6.45) is 6.09. The molecule has 7 rings (SSSR count). The van der Waals surface area contributed by atoms with Crippen molar-refractivity contribution in [1.29, 1.82) is 0 Å². The monoisotopic (exact) mass is 438 g/mol. The summed E-state index contributed by atoms with van der Waals surface area (Å²) in [7, 11) is 0. The lowest BCUT2D eigenvalue weighted by molar-refractivity contribution is -0.148. The van der Waals surface area contributed by atoms with Gasteiger partial charge in [-0.15, -0.1) is 0 Å². The van der Waals surface area contributed by atoms with Crippen LogP contribution < -0.4 is 0 Å². The second kappa shape index (κ2) is 6.92. The Kier molecular flexibility index (Phi) is 4.22. The van der Waals surface area contributed by atoms with Gasteiger partial charge in [-0.1, -0.05) is 0 Å². The van der Waals surface area contributed by atoms with Gasteiger partial charge in [0.1, 0.15) is 17.5 Å². The average Bonchev–Trinajstić information content (AvgIpc) is 3.49. The van der Waals surface area contributed by atoms with E-state index in [4.69, 9.17) is 0 Å². The topological polar surface area (TPSA) is 50.5 Å². The highest BCUT2D eigenvalue weighted by Gasteiger charge is 2.61. The number of hydrogen-bond donors (Lipinski definition) is 0. The van der Waals surface area contributed by atoms with Crippen LogP contribution in [-0.2, 0) is 11.3 Å². The first-order chi connectivity index (χ1) is 15.4. The fraction of sp³-hybridized carbons (Fsp3) is 0.375. The Morgan fingerprint density at radius 3 is 2.59 bits per heavy atom. The SMILES string of the molecule is O=C(N1N=CCC1c1cc(F)cc(F)c1)C12CC(Cn3cnc4ccc(F)cc43)C(C1)C2. The molecule has 164 valence electrons. The van der Waals surface area contributed by atoms with E-state index in [0.717, 1.165) is 36.4 Å². The number of nitrogens with zero attached hydrogens (tertiary/aromatic N) is 4. The smallest absolute Gasteiger partial charge is 0.249 e. The third-order valence-electron chi connectivity index (χ3n) is 7.40. The first-order valence-corrected chi connectivity index (χ1v) is 10.8. The summed E-state index contributed by atoms with van der Waals surface area (Å²) in [6.45, 7) is 0.682. The molecule has 0 saturated heterocycles. The van der Waals surface area contributed by atoms with Crippen molar-refractivity contribution in [1.82, 2.24) is 14.6 Å². The average molecular weight is 438 g/mol. The number of hydrogen-bond acceptors (Lipinski definition) is 3. The number of aromatic nitrogens is 2. The van der Waals surface area contributed by atoms with Gasteiger partial charge in [-0.25, -0.2) is 23.2 Å². The largest absolute Gasteiger partial charge is 0.330 e. The second-order valence-electron chi connectivity index (χ2n) is 9.34. The highest BCUT2D eigenvalue weighted by molar-refractivity contribution is 5.87. The molecule has 0 radical (unpaired) electrons. The molecule has 3 fully saturated rings. The Balaban J connectivity index is 1.21. The van der Waals surface area contributed by atoms with Crippen LogP contribution in [0.25, 0.3) is 11.0 Å². The van der Waals surface area contributed by atoms with Crippen molar-refractivity contribution in [2.24, 2.45) is 22.4 Å². The van der Waals surface area contributed by atoms with Gasteiger partial charge in [0.15, 0.2) is 0 Å². The predicted molar refractivity (Wildman–Crippen MR) is 112 cm³/mol. The minimum atomic E-state index is -0.661. The highest BCUT2D eigenvalue weighted by atomic mass is 19.1. The zero-order valence-electron chi connectivity index (χ0n) is 17.2. The van der Waals surface area contributed by atoms with E-state index < -0.39 is 23.1 Å². The molecule has 2 heterocycles. The van der Waals surface area contributed by atoms with E-state index in [9.17, 15) is 18.0 Å². The number of fused-ring (bicyclic) bond motifs is 2. The predicted octanol–water partition coefficient (Wildman–Crippen LogP) is 4.83. The zero-order valence-corrected chi connectivity index (χ0v) is 17.2. The fourth-order valence-electron chi connectivity index (χ4n) is 5.91. The van der Waals surface area contributed by atoms with Crippen molar-refractivity contribution in [2.45, 2.75) is 38.3 Å². The molecular formula is C24H21F3N4O. The fourth-order valence-corrected chi connectivity index (χ4v) is 5.91. The Hall–Kier alpha value is -3.16. The van der Waals surface area contributed by atoms with E-state index in [-0.39, 0.29) is 17.6 Å². The van der Waals surface area contributed by atoms with Crippen LogP contribution in [-0.4, -0.2) is 26.7 Å². The number of benzene rings is 2. The maximum Gasteiger partial charge on any atom is 0.249 e. The van der Waals surface area contributed by atoms with Gasteiger partial charge in [0.25, 0.3) is 0 Å². The Morgan fingerprint density at radius 1 is 1.03 bits per heavy atom. The van der Waals surface area contributed by atoms with Gasteiger partial charge >= 0.3 is 0 Å². The summed E-state index contributed by atoms with van der Waals surface area (Å²) in [6, 6.07) is 7.44. The van der Waals surface area contributed by atoms with Crippen LogP contribution >= 0.6 is 0 Å². The molecule has 1 amide bonds. The normalized spacial score (nSPS) is 28.5. The Morgan fingerprint density at radius 2 is 1.81 bits per heavy atom. The van der Waals surface area contributed by atoms with Gasteiger partial charge in [-0.3, -0.25) is 4.79 Å². The van der Waals surface area contributed by atoms with E-state index in [2.05, 4.69) is 10.1 Å². The molecular weight excluding hydrogens is 417 g/mol. The molecule has 3 saturated carbocycles. The van der Waals surface area contributed by atoms with E-state index >= 15 is 0 Å². The summed E-state index contributed by atoms with van der Waals surface area (Å²) in [5, 5.41) is 5.70. The molecule has 0 N–H and O–H groups in total. The van der Waals surface area contributed by atoms with Gasteiger partial charge in [-0.05, 0) is 67.0 Å². The van der Waals surface area contributed by atoms with Crippen LogP contribution in [0, 0.1) is 34.7 Å². The summed E-state index contributed by atoms with van der Waals surface area (Å²) in [4.78, 5) is 17.9. The lowest BCUT2D eigenvalue weighted by Gasteiger charge is -2.40. The molecule has 3 aromatic rings. The van der Waals surface area contributed by atoms with Crippen LogP contribution in [0.4, 0.5) is 13.2 Å². The quantitative estimate of drug-likeness (QED) is 0.586. The summed E-state index contributed by atoms with van der Waals surface area (Å²) in [5.74, 6) is -0.982. The van der Waals surface area contributed by atoms with Gasteiger partial charge in [0.05, 0.1) is 28.8 Å². The van der Waals surface area contributed by atoms with Crippen molar-refractivity contribution in [3.05, 3.63) is 65.7 Å². The summed E-state index contributed by atoms with van der Waals surface area (Å²) in [5.41, 5.74) is 1.44. The molecule has 8 heteroatoms. The minimum absolute atomic E-state index is 0.0683. The van der Waals surface area contributed by atoms with Crippen LogP contribution in [0.5, 0.6) is 0 Å². The molecule has 3 aliphatic carbocycles. The number of rotatable bonds is 4. The molecule has 1 aliphatic heterocycles. The van der Waals surface area contributed by atoms with Crippen molar-refractivity contribution in [3.63, 3.8) is 0 Å². The van der Waals surface area contributed by atoms with E-state index in [1.807, 2.05) is 4.57 Å². The first kappa shape index (κ1) is 19.5. The van der Waals surface area contributed by atoms with Crippen LogP contribution in [0.2, 0.25) is 0 Å². The van der Waals surface area contributed by atoms with Gasteiger partial charge in [-0.2, -0.15) is 5.10 Å². The molecule has 32 heavy (non-hydrogen) atoms. The highest BCUT2D eigenvalue weighted by Crippen LogP contribution is 2.63. The summed E-state index contributed by atoms with van der Waals surface area (Å²) >= 11 is 0. The molecule has 0 spiro atoms. The maximum atomic E-state index is 13.7. The Bertz CT molecular complexity index is 1240. The number of halogens is 3. The van der Waals surface area contributed by atoms with E-state index in [1.165, 1.54) is 29.3 Å². The first-order valence-electron chi connectivity index (χ1n) is 10.8. The van der Waals surface area contributed by atoms with Crippen LogP contribution in [0.3, 0.4) is 0 Å². The van der Waals surface area contributed by atoms with Crippen molar-refractivity contribution in [2.75, 3.05) is 0 Å². The van der Waals surface area contributed by atoms with Crippen LogP contribution in [0.15, 0.2) is 47.8 Å². The molecule has 5 nitrogen and oxygen atoms in total. The number of carbonyl (C=O) groups is 1. The molecule has 4 aliphatic rings. The summed E-state index contributed by atoms with van der Waals surface area (Å²) < 4.78 is 43.2. The molecule has 1 aromatic heterocycles. The van der Waals surface area contributed by atoms with Crippen LogP contribution in [0.1, 0.15) is 37.3 Å². The van der Waals surface area contributed by atoms with Gasteiger partial charge in [0, 0.05) is 25.2 Å². The standard InChI is InChI=1S/C24H21F3N4O/c25-17-1-2-20-22(8-17)30(13-28-20)12-16-11-24(9-15(16)10-24)23(32)31-21(3-4-29-31)14-5-18(26)7-19(27)6-14/h1-2,4-8,13,15-16,21H,3,9-12H2. The van der Waals surface area contributed by atoms with Gasteiger partial charge in [0.2, 0.25) is 5.91 Å². The minimum Gasteiger partial charge on any atom is -0.330 e. The number of amides is 1. The molecule has 2 atom stereocenters. The van der Waals surface area contributed by atoms with Gasteiger partial charge < -0.3 is 4.57 Å². The number of imidazole rings is 1. The molecule has 2 aromatic carbocycles. The lowest BCUT2D eigenvalue weighted by atomic mass is 9.68. The Labute approximate surface area is 182 Å². The zero-order chi connectivity index (χ0) is 22.0.